The van der Waals surface area contributed by atoms with Gasteiger partial charge in [-0.1, -0.05) is 18.2 Å². The van der Waals surface area contributed by atoms with Gasteiger partial charge in [-0.3, -0.25) is 0 Å². The van der Waals surface area contributed by atoms with Crippen molar-refractivity contribution in [2.24, 2.45) is 0 Å². The van der Waals surface area contributed by atoms with Gasteiger partial charge in [-0.05, 0) is 80.4 Å². The van der Waals surface area contributed by atoms with Crippen molar-refractivity contribution in [1.29, 1.82) is 0 Å². The highest BCUT2D eigenvalue weighted by Gasteiger charge is 2.26. The van der Waals surface area contributed by atoms with Gasteiger partial charge in [-0.25, -0.2) is 28.1 Å². The zero-order chi connectivity index (χ0) is 26.9. The first-order valence-corrected chi connectivity index (χ1v) is 13.1. The Morgan fingerprint density at radius 1 is 0.923 bits per heavy atom. The molecule has 0 radical (unpaired) electrons. The van der Waals surface area contributed by atoms with Crippen LogP contribution in [0, 0.1) is 17.5 Å². The first-order chi connectivity index (χ1) is 19.0. The number of aromatic nitrogens is 3. The highest BCUT2D eigenvalue weighted by molar-refractivity contribution is 5.76. The molecule has 2 aliphatic heterocycles. The van der Waals surface area contributed by atoms with Gasteiger partial charge in [-0.15, -0.1) is 0 Å². The Bertz CT molecular complexity index is 1490. The van der Waals surface area contributed by atoms with Crippen LogP contribution in [0.4, 0.5) is 24.7 Å². The Labute approximate surface area is 225 Å². The molecule has 6 nitrogen and oxygen atoms in total. The number of pyridine rings is 1. The lowest BCUT2D eigenvalue weighted by Crippen LogP contribution is -2.29. The number of likely N-dealkylation sites (tertiary alicyclic amines) is 1. The summed E-state index contributed by atoms with van der Waals surface area (Å²) < 4.78 is 50.8. The molecule has 0 bridgehead atoms. The molecule has 0 amide bonds. The summed E-state index contributed by atoms with van der Waals surface area (Å²) >= 11 is 0. The van der Waals surface area contributed by atoms with Gasteiger partial charge >= 0.3 is 0 Å². The fourth-order valence-corrected chi connectivity index (χ4v) is 5.37. The molecule has 0 spiro atoms. The Morgan fingerprint density at radius 3 is 2.54 bits per heavy atom. The van der Waals surface area contributed by atoms with Gasteiger partial charge in [0.05, 0.1) is 18.4 Å². The molecule has 4 heterocycles. The van der Waals surface area contributed by atoms with Gasteiger partial charge in [-0.2, -0.15) is 0 Å². The lowest BCUT2D eigenvalue weighted by Gasteiger charge is -2.31. The second-order valence-corrected chi connectivity index (χ2v) is 10.1. The number of halogens is 3. The van der Waals surface area contributed by atoms with Crippen LogP contribution in [0.2, 0.25) is 0 Å². The number of fused-ring (bicyclic) bond motifs is 1. The number of hydrogen-bond acceptors (Lipinski definition) is 6. The number of rotatable bonds is 5. The molecule has 0 unspecified atom stereocenters. The van der Waals surface area contributed by atoms with Gasteiger partial charge in [0.2, 0.25) is 0 Å². The molecule has 2 aromatic carbocycles. The van der Waals surface area contributed by atoms with E-state index in [1.807, 2.05) is 29.2 Å². The average molecular weight is 532 g/mol. The summed E-state index contributed by atoms with van der Waals surface area (Å²) in [5.74, 6) is -0.294. The van der Waals surface area contributed by atoms with Gasteiger partial charge in [0.25, 0.3) is 0 Å². The number of benzene rings is 2. The minimum atomic E-state index is -0.678. The number of ether oxygens (including phenoxy) is 1. The molecule has 6 rings (SSSR count). The summed E-state index contributed by atoms with van der Waals surface area (Å²) in [4.78, 5) is 17.0. The topological polar surface area (TPSA) is 54.4 Å². The second-order valence-electron chi connectivity index (χ2n) is 10.1. The number of piperidine rings is 1. The zero-order valence-electron chi connectivity index (χ0n) is 21.6. The van der Waals surface area contributed by atoms with E-state index in [0.717, 1.165) is 37.7 Å². The molecule has 0 saturated carbocycles. The highest BCUT2D eigenvalue weighted by atomic mass is 19.1. The third-order valence-corrected chi connectivity index (χ3v) is 7.45. The quantitative estimate of drug-likeness (QED) is 0.320. The lowest BCUT2D eigenvalue weighted by molar-refractivity contribution is 0.253. The monoisotopic (exact) mass is 531 g/mol. The molecule has 39 heavy (non-hydrogen) atoms. The maximum atomic E-state index is 15.2. The fourth-order valence-electron chi connectivity index (χ4n) is 5.37. The molecule has 0 aliphatic carbocycles. The van der Waals surface area contributed by atoms with Crippen molar-refractivity contribution in [2.45, 2.75) is 25.2 Å². The van der Waals surface area contributed by atoms with Crippen LogP contribution in [0.15, 0.2) is 60.9 Å². The maximum absolute atomic E-state index is 15.2. The Kier molecular flexibility index (Phi) is 6.91. The van der Waals surface area contributed by atoms with Crippen molar-refractivity contribution in [3.8, 4) is 17.0 Å². The normalized spacial score (nSPS) is 16.2. The van der Waals surface area contributed by atoms with E-state index in [0.29, 0.717) is 36.0 Å². The van der Waals surface area contributed by atoms with Crippen LogP contribution in [-0.4, -0.2) is 53.1 Å². The van der Waals surface area contributed by atoms with Crippen LogP contribution in [0.1, 0.15) is 35.7 Å². The third kappa shape index (κ3) is 5.18. The van der Waals surface area contributed by atoms with Crippen LogP contribution >= 0.6 is 0 Å². The summed E-state index contributed by atoms with van der Waals surface area (Å²) in [5, 5.41) is 0. The SMILES string of the molecule is CN1CCC(c2ccc(Cc3ncc(F)c(-c4cc(F)c5c(c4)N(c4ccccn4)CCO5)n3)cc2F)CC1. The predicted molar refractivity (Wildman–Crippen MR) is 143 cm³/mol. The molecule has 200 valence electrons. The van der Waals surface area contributed by atoms with Gasteiger partial charge in [0, 0.05) is 18.2 Å². The Balaban J connectivity index is 1.29. The summed E-state index contributed by atoms with van der Waals surface area (Å²) in [6.07, 6.45) is 4.80. The lowest BCUT2D eigenvalue weighted by atomic mass is 9.88. The van der Waals surface area contributed by atoms with E-state index in [1.165, 1.54) is 12.1 Å². The molecule has 0 atom stereocenters. The molecule has 2 aliphatic rings. The summed E-state index contributed by atoms with van der Waals surface area (Å²) in [5.41, 5.74) is 2.09. The third-order valence-electron chi connectivity index (χ3n) is 7.45. The molecular weight excluding hydrogens is 503 g/mol. The van der Waals surface area contributed by atoms with E-state index < -0.39 is 11.6 Å². The minimum absolute atomic E-state index is 0.0309. The minimum Gasteiger partial charge on any atom is -0.486 e. The number of hydrogen-bond donors (Lipinski definition) is 0. The zero-order valence-corrected chi connectivity index (χ0v) is 21.6. The molecule has 1 fully saturated rings. The van der Waals surface area contributed by atoms with E-state index >= 15 is 8.78 Å². The van der Waals surface area contributed by atoms with Crippen molar-refractivity contribution in [1.82, 2.24) is 19.9 Å². The van der Waals surface area contributed by atoms with Crippen molar-refractivity contribution < 1.29 is 17.9 Å². The van der Waals surface area contributed by atoms with Crippen LogP contribution in [0.25, 0.3) is 11.3 Å². The van der Waals surface area contributed by atoms with E-state index in [2.05, 4.69) is 26.9 Å². The van der Waals surface area contributed by atoms with Gasteiger partial charge < -0.3 is 14.5 Å². The standard InChI is InChI=1S/C30H28F3N5O/c1-37-10-7-20(8-11-37)22-6-5-19(14-23(22)31)15-27-35-18-25(33)29(36-27)21-16-24(32)30-26(17-21)38(12-13-39-30)28-4-2-3-9-34-28/h2-6,9,14,16-18,20H,7-8,10-13,15H2,1H3. The van der Waals surface area contributed by atoms with Crippen molar-refractivity contribution >= 4 is 11.5 Å². The van der Waals surface area contributed by atoms with Gasteiger partial charge in [0.15, 0.2) is 17.4 Å². The van der Waals surface area contributed by atoms with Crippen molar-refractivity contribution in [3.63, 3.8) is 0 Å². The maximum Gasteiger partial charge on any atom is 0.178 e. The first kappa shape index (κ1) is 25.3. The van der Waals surface area contributed by atoms with E-state index in [9.17, 15) is 4.39 Å². The van der Waals surface area contributed by atoms with Crippen LogP contribution in [0.3, 0.4) is 0 Å². The summed E-state index contributed by atoms with van der Waals surface area (Å²) in [7, 11) is 2.08. The van der Waals surface area contributed by atoms with Crippen LogP contribution in [-0.2, 0) is 6.42 Å². The molecule has 0 N–H and O–H groups in total. The Hall–Kier alpha value is -3.98. The predicted octanol–water partition coefficient (Wildman–Crippen LogP) is 5.89. The highest BCUT2D eigenvalue weighted by Crippen LogP contribution is 2.41. The van der Waals surface area contributed by atoms with Gasteiger partial charge in [0.1, 0.15) is 29.8 Å². The van der Waals surface area contributed by atoms with Crippen LogP contribution < -0.4 is 9.64 Å². The summed E-state index contributed by atoms with van der Waals surface area (Å²) in [6, 6.07) is 13.6. The molecule has 1 saturated heterocycles. The molecular formula is C30H28F3N5O. The molecule has 2 aromatic heterocycles. The fraction of sp³-hybridized carbons (Fsp3) is 0.300. The molecule has 4 aromatic rings. The second kappa shape index (κ2) is 10.6. The average Bonchev–Trinajstić information content (AvgIpc) is 2.95. The number of anilines is 2. The smallest absolute Gasteiger partial charge is 0.178 e. The van der Waals surface area contributed by atoms with Crippen molar-refractivity contribution in [2.75, 3.05) is 38.2 Å². The van der Waals surface area contributed by atoms with E-state index in [-0.39, 0.29) is 35.2 Å². The Morgan fingerprint density at radius 2 is 1.77 bits per heavy atom. The summed E-state index contributed by atoms with van der Waals surface area (Å²) in [6.45, 7) is 2.66. The van der Waals surface area contributed by atoms with E-state index in [4.69, 9.17) is 4.74 Å². The van der Waals surface area contributed by atoms with Crippen molar-refractivity contribution in [3.05, 3.63) is 95.3 Å². The largest absolute Gasteiger partial charge is 0.486 e. The van der Waals surface area contributed by atoms with E-state index in [1.54, 1.807) is 18.3 Å². The first-order valence-electron chi connectivity index (χ1n) is 13.1. The number of nitrogens with zero attached hydrogens (tertiary/aromatic N) is 5. The molecule has 9 heteroatoms. The van der Waals surface area contributed by atoms with Crippen LogP contribution in [0.5, 0.6) is 5.75 Å².